The van der Waals surface area contributed by atoms with Gasteiger partial charge in [0.05, 0.1) is 23.0 Å². The number of nitrogens with one attached hydrogen (secondary N) is 1. The Labute approximate surface area is 178 Å². The van der Waals surface area contributed by atoms with Crippen molar-refractivity contribution in [2.45, 2.75) is 26.8 Å². The van der Waals surface area contributed by atoms with E-state index in [0.717, 1.165) is 0 Å². The Balaban J connectivity index is 2.27. The lowest BCUT2D eigenvalue weighted by Crippen LogP contribution is -2.32. The van der Waals surface area contributed by atoms with Crippen molar-refractivity contribution in [3.8, 4) is 17.2 Å². The van der Waals surface area contributed by atoms with Crippen LogP contribution in [0.4, 0.5) is 5.69 Å². The highest BCUT2D eigenvalue weighted by molar-refractivity contribution is 5.94. The second kappa shape index (κ2) is 8.86. The maximum Gasteiger partial charge on any atom is 0.279 e. The van der Waals surface area contributed by atoms with Crippen LogP contribution in [-0.2, 0) is 4.79 Å². The maximum absolute atomic E-state index is 12.5. The lowest BCUT2D eigenvalue weighted by Gasteiger charge is -2.23. The second-order valence-electron chi connectivity index (χ2n) is 7.25. The number of aromatic nitrogens is 1. The van der Waals surface area contributed by atoms with Crippen molar-refractivity contribution in [3.05, 3.63) is 63.8 Å². The summed E-state index contributed by atoms with van der Waals surface area (Å²) in [5, 5.41) is 35.7. The zero-order valence-corrected chi connectivity index (χ0v) is 17.3. The Hall–Kier alpha value is -3.88. The Morgan fingerprint density at radius 1 is 1.26 bits per heavy atom. The molecule has 162 valence electrons. The van der Waals surface area contributed by atoms with Crippen molar-refractivity contribution >= 4 is 22.5 Å². The number of benzene rings is 2. The number of fused-ring (bicyclic) bond motifs is 1. The van der Waals surface area contributed by atoms with Gasteiger partial charge in [-0.05, 0) is 36.8 Å². The second-order valence-corrected chi connectivity index (χ2v) is 7.25. The summed E-state index contributed by atoms with van der Waals surface area (Å²) in [5.41, 5.74) is 0.387. The molecule has 2 aromatic carbocycles. The Kier molecular flexibility index (Phi) is 6.24. The Bertz CT molecular complexity index is 1150. The number of carbonyl (C=O) groups excluding carboxylic acids is 1. The molecular formula is C22H23N3O6. The van der Waals surface area contributed by atoms with Crippen molar-refractivity contribution < 1.29 is 24.7 Å². The van der Waals surface area contributed by atoms with Gasteiger partial charge >= 0.3 is 0 Å². The van der Waals surface area contributed by atoms with Crippen molar-refractivity contribution in [1.29, 1.82) is 0 Å². The number of ether oxygens (including phenoxy) is 1. The predicted octanol–water partition coefficient (Wildman–Crippen LogP) is 3.81. The number of phenolic OH excluding ortho intramolecular Hbond substituents is 2. The molecule has 0 fully saturated rings. The van der Waals surface area contributed by atoms with E-state index < -0.39 is 11.0 Å². The number of carbonyl (C=O) groups is 1. The van der Waals surface area contributed by atoms with Gasteiger partial charge in [-0.1, -0.05) is 19.9 Å². The van der Waals surface area contributed by atoms with E-state index in [1.165, 1.54) is 30.5 Å². The van der Waals surface area contributed by atoms with Crippen LogP contribution in [0.3, 0.4) is 0 Å². The Morgan fingerprint density at radius 3 is 2.65 bits per heavy atom. The Morgan fingerprint density at radius 2 is 2.00 bits per heavy atom. The molecule has 1 amide bonds. The molecule has 0 aliphatic rings. The number of hydrogen-bond acceptors (Lipinski definition) is 7. The van der Waals surface area contributed by atoms with Gasteiger partial charge in [-0.15, -0.1) is 0 Å². The van der Waals surface area contributed by atoms with Gasteiger partial charge in [-0.3, -0.25) is 19.9 Å². The van der Waals surface area contributed by atoms with Gasteiger partial charge < -0.3 is 20.3 Å². The van der Waals surface area contributed by atoms with Crippen LogP contribution in [0.25, 0.3) is 10.9 Å². The average Bonchev–Trinajstić information content (AvgIpc) is 2.74. The fraction of sp³-hybridized carbons (Fsp3) is 0.273. The van der Waals surface area contributed by atoms with E-state index in [1.807, 2.05) is 0 Å². The standard InChI is InChI=1S/C22H23N3O6/c1-4-31-18-10-13(7-8-17(18)26)19(24-22(28)12(2)3)15-11-16(25(29)30)14-6-5-9-23-20(14)21(15)27/h5-12,19,26-27H,4H2,1-3H3,(H,24,28). The number of nitro groups is 1. The molecule has 0 bridgehead atoms. The van der Waals surface area contributed by atoms with Gasteiger partial charge in [0.15, 0.2) is 11.5 Å². The van der Waals surface area contributed by atoms with Gasteiger partial charge in [-0.2, -0.15) is 0 Å². The van der Waals surface area contributed by atoms with E-state index in [-0.39, 0.29) is 51.2 Å². The van der Waals surface area contributed by atoms with E-state index in [9.17, 15) is 25.1 Å². The third kappa shape index (κ3) is 4.35. The van der Waals surface area contributed by atoms with Crippen molar-refractivity contribution in [1.82, 2.24) is 10.3 Å². The molecule has 0 aliphatic carbocycles. The summed E-state index contributed by atoms with van der Waals surface area (Å²) in [6, 6.07) is 7.81. The highest BCUT2D eigenvalue weighted by Gasteiger charge is 2.28. The predicted molar refractivity (Wildman–Crippen MR) is 114 cm³/mol. The fourth-order valence-electron chi connectivity index (χ4n) is 3.23. The smallest absolute Gasteiger partial charge is 0.279 e. The number of pyridine rings is 1. The molecule has 1 unspecified atom stereocenters. The van der Waals surface area contributed by atoms with Crippen molar-refractivity contribution in [2.24, 2.45) is 5.92 Å². The molecule has 1 aromatic heterocycles. The topological polar surface area (TPSA) is 135 Å². The average molecular weight is 425 g/mol. The number of amides is 1. The number of nitrogens with zero attached hydrogens (tertiary/aromatic N) is 2. The van der Waals surface area contributed by atoms with Crippen LogP contribution in [0.2, 0.25) is 0 Å². The zero-order valence-electron chi connectivity index (χ0n) is 17.3. The maximum atomic E-state index is 12.5. The first kappa shape index (κ1) is 21.8. The van der Waals surface area contributed by atoms with E-state index >= 15 is 0 Å². The molecule has 3 aromatic rings. The number of non-ortho nitro benzene ring substituents is 1. The van der Waals surface area contributed by atoms with Crippen molar-refractivity contribution in [2.75, 3.05) is 6.61 Å². The molecule has 31 heavy (non-hydrogen) atoms. The lowest BCUT2D eigenvalue weighted by atomic mass is 9.94. The van der Waals surface area contributed by atoms with E-state index in [4.69, 9.17) is 4.74 Å². The third-order valence-corrected chi connectivity index (χ3v) is 4.81. The fourth-order valence-corrected chi connectivity index (χ4v) is 3.23. The van der Waals surface area contributed by atoms with Gasteiger partial charge in [0.2, 0.25) is 5.91 Å². The highest BCUT2D eigenvalue weighted by atomic mass is 16.6. The van der Waals surface area contributed by atoms with Crippen LogP contribution in [0.15, 0.2) is 42.6 Å². The monoisotopic (exact) mass is 425 g/mol. The molecule has 9 nitrogen and oxygen atoms in total. The minimum Gasteiger partial charge on any atom is -0.505 e. The molecule has 0 aliphatic heterocycles. The van der Waals surface area contributed by atoms with Gasteiger partial charge in [-0.25, -0.2) is 0 Å². The summed E-state index contributed by atoms with van der Waals surface area (Å²) in [6.45, 7) is 5.48. The third-order valence-electron chi connectivity index (χ3n) is 4.81. The molecule has 0 spiro atoms. The molecule has 0 saturated heterocycles. The number of hydrogen-bond donors (Lipinski definition) is 3. The molecule has 3 N–H and O–H groups in total. The van der Waals surface area contributed by atoms with Gasteiger partial charge in [0, 0.05) is 23.7 Å². The lowest BCUT2D eigenvalue weighted by molar-refractivity contribution is -0.383. The summed E-state index contributed by atoms with van der Waals surface area (Å²) in [6.07, 6.45) is 1.42. The van der Waals surface area contributed by atoms with Crippen molar-refractivity contribution in [3.63, 3.8) is 0 Å². The SMILES string of the molecule is CCOc1cc(C(NC(=O)C(C)C)c2cc([N+](=O)[O-])c3cccnc3c2O)ccc1O. The van der Waals surface area contributed by atoms with Crippen LogP contribution < -0.4 is 10.1 Å². The summed E-state index contributed by atoms with van der Waals surface area (Å²) in [7, 11) is 0. The quantitative estimate of drug-likeness (QED) is 0.387. The van der Waals surface area contributed by atoms with Crippen LogP contribution in [0, 0.1) is 16.0 Å². The summed E-state index contributed by atoms with van der Waals surface area (Å²) in [4.78, 5) is 27.8. The molecule has 9 heteroatoms. The number of aromatic hydroxyl groups is 2. The highest BCUT2D eigenvalue weighted by Crippen LogP contribution is 2.41. The largest absolute Gasteiger partial charge is 0.505 e. The first-order chi connectivity index (χ1) is 14.7. The minimum absolute atomic E-state index is 0.0549. The molecule has 1 heterocycles. The van der Waals surface area contributed by atoms with E-state index in [1.54, 1.807) is 32.9 Å². The summed E-state index contributed by atoms with van der Waals surface area (Å²) >= 11 is 0. The zero-order chi connectivity index (χ0) is 22.7. The van der Waals surface area contributed by atoms with Crippen LogP contribution >= 0.6 is 0 Å². The van der Waals surface area contributed by atoms with Crippen LogP contribution in [0.5, 0.6) is 17.2 Å². The van der Waals surface area contributed by atoms with Crippen LogP contribution in [-0.4, -0.2) is 32.6 Å². The molecular weight excluding hydrogens is 402 g/mol. The molecule has 0 radical (unpaired) electrons. The van der Waals surface area contributed by atoms with Gasteiger partial charge in [0.25, 0.3) is 5.69 Å². The summed E-state index contributed by atoms with van der Waals surface area (Å²) < 4.78 is 5.43. The van der Waals surface area contributed by atoms with Gasteiger partial charge in [0.1, 0.15) is 11.3 Å². The molecule has 1 atom stereocenters. The van der Waals surface area contributed by atoms with E-state index in [2.05, 4.69) is 10.3 Å². The number of nitro benzene ring substituents is 1. The van der Waals surface area contributed by atoms with E-state index in [0.29, 0.717) is 12.2 Å². The number of phenols is 2. The molecule has 0 saturated carbocycles. The minimum atomic E-state index is -0.945. The first-order valence-electron chi connectivity index (χ1n) is 9.75. The first-order valence-corrected chi connectivity index (χ1v) is 9.75. The summed E-state index contributed by atoms with van der Waals surface area (Å²) in [5.74, 6) is -0.867. The van der Waals surface area contributed by atoms with Crippen LogP contribution in [0.1, 0.15) is 37.9 Å². The normalized spacial score (nSPS) is 12.0. The molecule has 3 rings (SSSR count). The number of rotatable bonds is 7.